The molecule has 0 saturated heterocycles. The first kappa shape index (κ1) is 19.1. The van der Waals surface area contributed by atoms with E-state index in [9.17, 15) is 22.8 Å². The third-order valence-corrected chi connectivity index (χ3v) is 5.23. The van der Waals surface area contributed by atoms with Crippen LogP contribution in [0.5, 0.6) is 5.75 Å². The molecule has 1 aromatic carbocycles. The Hall–Kier alpha value is -2.66. The third-order valence-electron chi connectivity index (χ3n) is 3.21. The smallest absolute Gasteiger partial charge is 0.406 e. The first-order valence-corrected chi connectivity index (χ1v) is 9.14. The molecule has 0 saturated carbocycles. The maximum Gasteiger partial charge on any atom is 0.573 e. The van der Waals surface area contributed by atoms with E-state index in [1.54, 1.807) is 12.1 Å². The summed E-state index contributed by atoms with van der Waals surface area (Å²) >= 11 is 2.26. The number of alkyl halides is 3. The van der Waals surface area contributed by atoms with Crippen molar-refractivity contribution in [3.05, 3.63) is 40.1 Å². The first-order valence-electron chi connectivity index (χ1n) is 7.50. The van der Waals surface area contributed by atoms with E-state index in [1.165, 1.54) is 30.4 Å². The maximum absolute atomic E-state index is 12.3. The molecule has 3 aromatic rings. The molecule has 2 amide bonds. The van der Waals surface area contributed by atoms with Crippen molar-refractivity contribution in [2.24, 2.45) is 0 Å². The lowest BCUT2D eigenvalue weighted by Gasteiger charge is -2.07. The molecule has 0 fully saturated rings. The van der Waals surface area contributed by atoms with Crippen LogP contribution in [0, 0.1) is 0 Å². The molecule has 2 aromatic heterocycles. The van der Waals surface area contributed by atoms with Crippen molar-refractivity contribution in [1.82, 2.24) is 10.3 Å². The maximum atomic E-state index is 12.3. The summed E-state index contributed by atoms with van der Waals surface area (Å²) in [6.45, 7) is 1.73. The average Bonchev–Trinajstić information content (AvgIpc) is 3.17. The molecule has 2 N–H and O–H groups in total. The standard InChI is InChI=1S/C16H12F3N3O3S2/c1-8(23)20-7-10-3-5-12(26-10)14(24)22-15-21-11-4-2-9(6-13(11)27-15)25-16(17,18)19/h2-6H,7H2,1H3,(H,20,23)(H,21,22,24). The Morgan fingerprint density at radius 3 is 2.67 bits per heavy atom. The molecule has 0 aliphatic heterocycles. The molecule has 6 nitrogen and oxygen atoms in total. The normalized spacial score (nSPS) is 11.4. The summed E-state index contributed by atoms with van der Waals surface area (Å²) in [5.74, 6) is -0.907. The van der Waals surface area contributed by atoms with Gasteiger partial charge in [-0.3, -0.25) is 14.9 Å². The minimum atomic E-state index is -4.77. The van der Waals surface area contributed by atoms with Gasteiger partial charge in [0.2, 0.25) is 5.91 Å². The van der Waals surface area contributed by atoms with Crippen LogP contribution in [0.1, 0.15) is 21.5 Å². The number of carbonyl (C=O) groups excluding carboxylic acids is 2. The van der Waals surface area contributed by atoms with Crippen molar-refractivity contribution in [1.29, 1.82) is 0 Å². The SMILES string of the molecule is CC(=O)NCc1ccc(C(=O)Nc2nc3ccc(OC(F)(F)F)cc3s2)s1. The van der Waals surface area contributed by atoms with Crippen molar-refractivity contribution in [3.8, 4) is 5.75 Å². The Morgan fingerprint density at radius 1 is 1.19 bits per heavy atom. The number of nitrogens with one attached hydrogen (secondary N) is 2. The van der Waals surface area contributed by atoms with Crippen LogP contribution in [-0.4, -0.2) is 23.2 Å². The number of aromatic nitrogens is 1. The Morgan fingerprint density at radius 2 is 1.96 bits per heavy atom. The molecule has 0 atom stereocenters. The number of benzene rings is 1. The fraction of sp³-hybridized carbons (Fsp3) is 0.188. The number of nitrogens with zero attached hydrogens (tertiary/aromatic N) is 1. The summed E-state index contributed by atoms with van der Waals surface area (Å²) in [7, 11) is 0. The number of thiophene rings is 1. The zero-order chi connectivity index (χ0) is 19.6. The number of halogens is 3. The predicted molar refractivity (Wildman–Crippen MR) is 96.1 cm³/mol. The van der Waals surface area contributed by atoms with Gasteiger partial charge in [-0.1, -0.05) is 11.3 Å². The minimum absolute atomic E-state index is 0.169. The summed E-state index contributed by atoms with van der Waals surface area (Å²) in [5, 5.41) is 5.52. The molecule has 0 aliphatic rings. The third kappa shape index (κ3) is 5.17. The Labute approximate surface area is 159 Å². The van der Waals surface area contributed by atoms with E-state index in [1.807, 2.05) is 0 Å². The van der Waals surface area contributed by atoms with Gasteiger partial charge in [-0.2, -0.15) is 0 Å². The van der Waals surface area contributed by atoms with Crippen LogP contribution in [0.15, 0.2) is 30.3 Å². The number of thiazole rings is 1. The van der Waals surface area contributed by atoms with Crippen molar-refractivity contribution in [2.45, 2.75) is 19.8 Å². The summed E-state index contributed by atoms with van der Waals surface area (Å²) in [4.78, 5) is 28.6. The lowest BCUT2D eigenvalue weighted by molar-refractivity contribution is -0.274. The lowest BCUT2D eigenvalue weighted by Crippen LogP contribution is -2.18. The monoisotopic (exact) mass is 415 g/mol. The summed E-state index contributed by atoms with van der Waals surface area (Å²) in [5.41, 5.74) is 0.447. The van der Waals surface area contributed by atoms with Crippen LogP contribution in [0.3, 0.4) is 0 Å². The van der Waals surface area contributed by atoms with E-state index in [2.05, 4.69) is 20.4 Å². The number of hydrogen-bond donors (Lipinski definition) is 2. The zero-order valence-electron chi connectivity index (χ0n) is 13.7. The minimum Gasteiger partial charge on any atom is -0.406 e. The molecular weight excluding hydrogens is 403 g/mol. The second kappa shape index (κ2) is 7.53. The molecule has 2 heterocycles. The number of carbonyl (C=O) groups is 2. The van der Waals surface area contributed by atoms with Gasteiger partial charge in [0, 0.05) is 17.9 Å². The lowest BCUT2D eigenvalue weighted by atomic mass is 10.3. The second-order valence-electron chi connectivity index (χ2n) is 5.33. The van der Waals surface area contributed by atoms with E-state index >= 15 is 0 Å². The van der Waals surface area contributed by atoms with Gasteiger partial charge >= 0.3 is 6.36 Å². The number of rotatable bonds is 5. The van der Waals surface area contributed by atoms with Gasteiger partial charge in [0.25, 0.3) is 5.91 Å². The molecule has 3 rings (SSSR count). The first-order chi connectivity index (χ1) is 12.7. The van der Waals surface area contributed by atoms with Crippen LogP contribution in [0.2, 0.25) is 0 Å². The van der Waals surface area contributed by atoms with E-state index in [4.69, 9.17) is 0 Å². The molecule has 0 spiro atoms. The number of hydrogen-bond acceptors (Lipinski definition) is 6. The predicted octanol–water partition coefficient (Wildman–Crippen LogP) is 4.14. The quantitative estimate of drug-likeness (QED) is 0.656. The topological polar surface area (TPSA) is 80.3 Å². The molecular formula is C16H12F3N3O3S2. The van der Waals surface area contributed by atoms with Gasteiger partial charge < -0.3 is 10.1 Å². The number of anilines is 1. The highest BCUT2D eigenvalue weighted by Gasteiger charge is 2.31. The molecule has 142 valence electrons. The van der Waals surface area contributed by atoms with Crippen LogP contribution >= 0.6 is 22.7 Å². The van der Waals surface area contributed by atoms with E-state index in [0.717, 1.165) is 22.3 Å². The Bertz CT molecular complexity index is 998. The van der Waals surface area contributed by atoms with E-state index in [0.29, 0.717) is 21.6 Å². The highest BCUT2D eigenvalue weighted by atomic mass is 32.1. The van der Waals surface area contributed by atoms with Crippen molar-refractivity contribution < 1.29 is 27.5 Å². The van der Waals surface area contributed by atoms with Gasteiger partial charge in [-0.25, -0.2) is 4.98 Å². The fourth-order valence-corrected chi connectivity index (χ4v) is 3.85. The van der Waals surface area contributed by atoms with Gasteiger partial charge in [-0.15, -0.1) is 24.5 Å². The van der Waals surface area contributed by atoms with Crippen LogP contribution in [0.25, 0.3) is 10.2 Å². The fourth-order valence-electron chi connectivity index (χ4n) is 2.12. The Kier molecular flexibility index (Phi) is 5.33. The zero-order valence-corrected chi connectivity index (χ0v) is 15.3. The number of ether oxygens (including phenoxy) is 1. The molecule has 11 heteroatoms. The Balaban J connectivity index is 1.70. The summed E-state index contributed by atoms with van der Waals surface area (Å²) in [6.07, 6.45) is -4.77. The van der Waals surface area contributed by atoms with E-state index in [-0.39, 0.29) is 22.7 Å². The molecule has 0 radical (unpaired) electrons. The van der Waals surface area contributed by atoms with Crippen LogP contribution in [0.4, 0.5) is 18.3 Å². The summed E-state index contributed by atoms with van der Waals surface area (Å²) in [6, 6.07) is 7.12. The van der Waals surface area contributed by atoms with Gasteiger partial charge in [0.05, 0.1) is 21.6 Å². The van der Waals surface area contributed by atoms with Crippen LogP contribution < -0.4 is 15.4 Å². The van der Waals surface area contributed by atoms with Gasteiger partial charge in [-0.05, 0) is 24.3 Å². The molecule has 27 heavy (non-hydrogen) atoms. The average molecular weight is 415 g/mol. The number of amides is 2. The number of fused-ring (bicyclic) bond motifs is 1. The second-order valence-corrected chi connectivity index (χ2v) is 7.53. The largest absolute Gasteiger partial charge is 0.573 e. The summed E-state index contributed by atoms with van der Waals surface area (Å²) < 4.78 is 41.2. The van der Waals surface area contributed by atoms with Gasteiger partial charge in [0.1, 0.15) is 5.75 Å². The van der Waals surface area contributed by atoms with Crippen LogP contribution in [-0.2, 0) is 11.3 Å². The molecule has 0 bridgehead atoms. The highest BCUT2D eigenvalue weighted by Crippen LogP contribution is 2.32. The molecule has 0 unspecified atom stereocenters. The molecule has 0 aliphatic carbocycles. The highest BCUT2D eigenvalue weighted by molar-refractivity contribution is 7.22. The van der Waals surface area contributed by atoms with Crippen molar-refractivity contribution >= 4 is 49.8 Å². The van der Waals surface area contributed by atoms with E-state index < -0.39 is 6.36 Å². The van der Waals surface area contributed by atoms with Gasteiger partial charge in [0.15, 0.2) is 5.13 Å². The van der Waals surface area contributed by atoms with Crippen molar-refractivity contribution in [2.75, 3.05) is 5.32 Å². The van der Waals surface area contributed by atoms with Crippen molar-refractivity contribution in [3.63, 3.8) is 0 Å².